The lowest BCUT2D eigenvalue weighted by molar-refractivity contribution is -0.929. The second-order valence-corrected chi connectivity index (χ2v) is 6.85. The van der Waals surface area contributed by atoms with E-state index in [4.69, 9.17) is 0 Å². The highest BCUT2D eigenvalue weighted by Gasteiger charge is 2.19. The molecule has 3 nitrogen and oxygen atoms in total. The molecule has 3 heteroatoms. The SMILES string of the molecule is CC[C@H](C)NC(=O)c1ccc(C[NH+]2CCc3ccccc3C2)cc1. The van der Waals surface area contributed by atoms with Gasteiger partial charge in [0.15, 0.2) is 0 Å². The molecular weight excluding hydrogens is 296 g/mol. The van der Waals surface area contributed by atoms with Crippen molar-refractivity contribution in [2.45, 2.75) is 45.8 Å². The van der Waals surface area contributed by atoms with Crippen molar-refractivity contribution < 1.29 is 9.69 Å². The van der Waals surface area contributed by atoms with E-state index in [0.29, 0.717) is 0 Å². The van der Waals surface area contributed by atoms with Crippen LogP contribution < -0.4 is 10.2 Å². The van der Waals surface area contributed by atoms with E-state index in [1.54, 1.807) is 4.90 Å². The van der Waals surface area contributed by atoms with Gasteiger partial charge in [-0.3, -0.25) is 4.79 Å². The highest BCUT2D eigenvalue weighted by atomic mass is 16.1. The van der Waals surface area contributed by atoms with Gasteiger partial charge in [-0.2, -0.15) is 0 Å². The summed E-state index contributed by atoms with van der Waals surface area (Å²) in [6.45, 7) is 7.39. The number of amides is 1. The molecule has 0 aliphatic carbocycles. The smallest absolute Gasteiger partial charge is 0.251 e. The summed E-state index contributed by atoms with van der Waals surface area (Å²) in [7, 11) is 0. The van der Waals surface area contributed by atoms with Crippen LogP contribution in [-0.4, -0.2) is 18.5 Å². The van der Waals surface area contributed by atoms with Gasteiger partial charge in [0.1, 0.15) is 13.1 Å². The summed E-state index contributed by atoms with van der Waals surface area (Å²) in [6, 6.07) is 17.1. The zero-order chi connectivity index (χ0) is 16.9. The zero-order valence-electron chi connectivity index (χ0n) is 14.6. The van der Waals surface area contributed by atoms with Gasteiger partial charge in [-0.25, -0.2) is 0 Å². The normalized spacial score (nSPS) is 17.8. The molecule has 2 atom stereocenters. The van der Waals surface area contributed by atoms with Crippen LogP contribution in [0.3, 0.4) is 0 Å². The molecule has 24 heavy (non-hydrogen) atoms. The van der Waals surface area contributed by atoms with Crippen molar-refractivity contribution in [1.82, 2.24) is 5.32 Å². The number of fused-ring (bicyclic) bond motifs is 1. The molecule has 0 bridgehead atoms. The number of rotatable bonds is 5. The Morgan fingerprint density at radius 2 is 1.83 bits per heavy atom. The van der Waals surface area contributed by atoms with Crippen LogP contribution in [0.4, 0.5) is 0 Å². The first-order valence-electron chi connectivity index (χ1n) is 8.96. The first kappa shape index (κ1) is 16.7. The predicted molar refractivity (Wildman–Crippen MR) is 97.0 cm³/mol. The maximum atomic E-state index is 12.1. The van der Waals surface area contributed by atoms with E-state index in [2.05, 4.69) is 48.6 Å². The van der Waals surface area contributed by atoms with Crippen molar-refractivity contribution in [1.29, 1.82) is 0 Å². The van der Waals surface area contributed by atoms with Gasteiger partial charge in [-0.1, -0.05) is 43.3 Å². The van der Waals surface area contributed by atoms with Crippen LogP contribution in [0.15, 0.2) is 48.5 Å². The highest BCUT2D eigenvalue weighted by molar-refractivity contribution is 5.94. The molecular formula is C21H27N2O+. The minimum absolute atomic E-state index is 0.0233. The fourth-order valence-electron chi connectivity index (χ4n) is 3.27. The molecule has 126 valence electrons. The lowest BCUT2D eigenvalue weighted by Gasteiger charge is -2.26. The summed E-state index contributed by atoms with van der Waals surface area (Å²) in [5.41, 5.74) is 5.02. The van der Waals surface area contributed by atoms with Crippen molar-refractivity contribution in [3.05, 3.63) is 70.8 Å². The van der Waals surface area contributed by atoms with Gasteiger partial charge >= 0.3 is 0 Å². The van der Waals surface area contributed by atoms with E-state index in [1.165, 1.54) is 23.2 Å². The maximum absolute atomic E-state index is 12.1. The Labute approximate surface area is 144 Å². The number of nitrogens with one attached hydrogen (secondary N) is 2. The molecule has 1 heterocycles. The van der Waals surface area contributed by atoms with E-state index >= 15 is 0 Å². The number of carbonyl (C=O) groups is 1. The van der Waals surface area contributed by atoms with Gasteiger partial charge in [0.05, 0.1) is 6.54 Å². The summed E-state index contributed by atoms with van der Waals surface area (Å²) in [5.74, 6) is 0.0233. The van der Waals surface area contributed by atoms with Gasteiger partial charge in [0.2, 0.25) is 0 Å². The quantitative estimate of drug-likeness (QED) is 0.870. The first-order chi connectivity index (χ1) is 11.7. The Bertz CT molecular complexity index is 693. The molecule has 0 saturated carbocycles. The van der Waals surface area contributed by atoms with Crippen LogP contribution in [0.25, 0.3) is 0 Å². The van der Waals surface area contributed by atoms with Gasteiger partial charge in [-0.05, 0) is 31.0 Å². The van der Waals surface area contributed by atoms with Crippen LogP contribution in [0.1, 0.15) is 47.3 Å². The lowest BCUT2D eigenvalue weighted by Crippen LogP contribution is -3.10. The fourth-order valence-corrected chi connectivity index (χ4v) is 3.27. The number of hydrogen-bond donors (Lipinski definition) is 2. The molecule has 3 rings (SSSR count). The molecule has 1 unspecified atom stereocenters. The summed E-state index contributed by atoms with van der Waals surface area (Å²) in [4.78, 5) is 13.7. The number of carbonyl (C=O) groups excluding carboxylic acids is 1. The minimum Gasteiger partial charge on any atom is -0.350 e. The van der Waals surface area contributed by atoms with Crippen LogP contribution in [0, 0.1) is 0 Å². The third-order valence-electron chi connectivity index (χ3n) is 4.97. The third kappa shape index (κ3) is 4.04. The predicted octanol–water partition coefficient (Wildman–Crippen LogP) is 2.36. The van der Waals surface area contributed by atoms with Crippen LogP contribution in [-0.2, 0) is 19.5 Å². The topological polar surface area (TPSA) is 33.5 Å². The van der Waals surface area contributed by atoms with E-state index in [1.807, 2.05) is 19.1 Å². The van der Waals surface area contributed by atoms with Crippen molar-refractivity contribution >= 4 is 5.91 Å². The van der Waals surface area contributed by atoms with Gasteiger partial charge in [-0.15, -0.1) is 0 Å². The van der Waals surface area contributed by atoms with Gasteiger partial charge < -0.3 is 10.2 Å². The molecule has 2 aromatic carbocycles. The molecule has 0 spiro atoms. The standard InChI is InChI=1S/C21H26N2O/c1-3-16(2)22-21(24)19-10-8-17(9-11-19)14-23-13-12-18-6-4-5-7-20(18)15-23/h4-11,16H,3,12-15H2,1-2H3,(H,22,24)/p+1/t16-/m0/s1. The monoisotopic (exact) mass is 323 g/mol. The highest BCUT2D eigenvalue weighted by Crippen LogP contribution is 2.11. The summed E-state index contributed by atoms with van der Waals surface area (Å²) >= 11 is 0. The zero-order valence-corrected chi connectivity index (χ0v) is 14.6. The summed E-state index contributed by atoms with van der Waals surface area (Å²) < 4.78 is 0. The molecule has 0 aromatic heterocycles. The Morgan fingerprint density at radius 3 is 2.54 bits per heavy atom. The average Bonchev–Trinajstić information content (AvgIpc) is 2.62. The van der Waals surface area contributed by atoms with Gasteiger partial charge in [0, 0.05) is 29.2 Å². The lowest BCUT2D eigenvalue weighted by atomic mass is 9.99. The molecule has 2 N–H and O–H groups in total. The molecule has 0 radical (unpaired) electrons. The summed E-state index contributed by atoms with van der Waals surface area (Å²) in [6.07, 6.45) is 2.10. The second kappa shape index (κ2) is 7.63. The van der Waals surface area contributed by atoms with Crippen molar-refractivity contribution in [3.63, 3.8) is 0 Å². The Morgan fingerprint density at radius 1 is 1.12 bits per heavy atom. The summed E-state index contributed by atoms with van der Waals surface area (Å²) in [5, 5.41) is 3.01. The fraction of sp³-hybridized carbons (Fsp3) is 0.381. The van der Waals surface area contributed by atoms with E-state index in [9.17, 15) is 4.79 Å². The van der Waals surface area contributed by atoms with Gasteiger partial charge in [0.25, 0.3) is 5.91 Å². The molecule has 0 saturated heterocycles. The van der Waals surface area contributed by atoms with Crippen molar-refractivity contribution in [2.24, 2.45) is 0 Å². The minimum atomic E-state index is 0.0233. The van der Waals surface area contributed by atoms with E-state index < -0.39 is 0 Å². The van der Waals surface area contributed by atoms with E-state index in [0.717, 1.165) is 31.5 Å². The Kier molecular flexibility index (Phi) is 5.31. The third-order valence-corrected chi connectivity index (χ3v) is 4.97. The van der Waals surface area contributed by atoms with Crippen molar-refractivity contribution in [2.75, 3.05) is 6.54 Å². The molecule has 1 amide bonds. The van der Waals surface area contributed by atoms with Crippen LogP contribution in [0.5, 0.6) is 0 Å². The Hall–Kier alpha value is -2.13. The number of benzene rings is 2. The average molecular weight is 323 g/mol. The maximum Gasteiger partial charge on any atom is 0.251 e. The van der Waals surface area contributed by atoms with Crippen LogP contribution >= 0.6 is 0 Å². The Balaban J connectivity index is 1.60. The number of hydrogen-bond acceptors (Lipinski definition) is 1. The molecule has 2 aromatic rings. The second-order valence-electron chi connectivity index (χ2n) is 6.85. The largest absolute Gasteiger partial charge is 0.350 e. The van der Waals surface area contributed by atoms with Crippen LogP contribution in [0.2, 0.25) is 0 Å². The molecule has 0 fully saturated rings. The van der Waals surface area contributed by atoms with Crippen molar-refractivity contribution in [3.8, 4) is 0 Å². The first-order valence-corrected chi connectivity index (χ1v) is 8.96. The number of quaternary nitrogens is 1. The molecule has 1 aliphatic rings. The van der Waals surface area contributed by atoms with E-state index in [-0.39, 0.29) is 11.9 Å². The molecule has 1 aliphatic heterocycles.